The number of hydrogen-bond donors (Lipinski definition) is 3. The Morgan fingerprint density at radius 2 is 1.55 bits per heavy atom. The molecule has 0 spiro atoms. The highest BCUT2D eigenvalue weighted by Crippen LogP contribution is 2.30. The Labute approximate surface area is 195 Å². The molecule has 2 amide bonds. The molecule has 3 N–H and O–H groups in total. The number of hydrogen-bond acceptors (Lipinski definition) is 3. The minimum atomic E-state index is -0.518. The van der Waals surface area contributed by atoms with Gasteiger partial charge in [0.05, 0.1) is 0 Å². The van der Waals surface area contributed by atoms with E-state index in [1.54, 1.807) is 0 Å². The molecule has 4 rings (SSSR count). The molecule has 5 heteroatoms. The van der Waals surface area contributed by atoms with Gasteiger partial charge in [0.1, 0.15) is 6.04 Å². The van der Waals surface area contributed by atoms with Crippen LogP contribution in [-0.2, 0) is 9.59 Å². The molecule has 1 aliphatic carbocycles. The summed E-state index contributed by atoms with van der Waals surface area (Å²) in [6, 6.07) is 23.0. The third kappa shape index (κ3) is 5.88. The van der Waals surface area contributed by atoms with Crippen LogP contribution in [0.25, 0.3) is 0 Å². The number of anilines is 2. The lowest BCUT2D eigenvalue weighted by atomic mass is 10.0. The predicted molar refractivity (Wildman–Crippen MR) is 133 cm³/mol. The van der Waals surface area contributed by atoms with Gasteiger partial charge < -0.3 is 10.6 Å². The van der Waals surface area contributed by atoms with Crippen molar-refractivity contribution in [1.82, 2.24) is 5.32 Å². The van der Waals surface area contributed by atoms with E-state index in [9.17, 15) is 9.59 Å². The summed E-state index contributed by atoms with van der Waals surface area (Å²) < 4.78 is 0. The van der Waals surface area contributed by atoms with E-state index >= 15 is 0 Å². The van der Waals surface area contributed by atoms with Crippen molar-refractivity contribution in [2.24, 2.45) is 5.92 Å². The second-order valence-electron chi connectivity index (χ2n) is 8.93. The van der Waals surface area contributed by atoms with Crippen molar-refractivity contribution in [2.45, 2.75) is 45.7 Å². The molecule has 33 heavy (non-hydrogen) atoms. The molecule has 170 valence electrons. The summed E-state index contributed by atoms with van der Waals surface area (Å²) in [6.07, 6.45) is 1.96. The van der Waals surface area contributed by atoms with Gasteiger partial charge in [-0.05, 0) is 74.1 Å². The van der Waals surface area contributed by atoms with E-state index in [1.807, 2.05) is 93.6 Å². The molecule has 0 heterocycles. The van der Waals surface area contributed by atoms with Crippen LogP contribution in [0.15, 0.2) is 72.8 Å². The maximum Gasteiger partial charge on any atom is 0.246 e. The van der Waals surface area contributed by atoms with E-state index in [0.29, 0.717) is 0 Å². The predicted octanol–water partition coefficient (Wildman–Crippen LogP) is 5.68. The second kappa shape index (κ2) is 10.0. The summed E-state index contributed by atoms with van der Waals surface area (Å²) in [5.74, 6) is 0.170. The van der Waals surface area contributed by atoms with Gasteiger partial charge in [-0.25, -0.2) is 0 Å². The van der Waals surface area contributed by atoms with Crippen molar-refractivity contribution in [3.8, 4) is 0 Å². The van der Waals surface area contributed by atoms with E-state index in [-0.39, 0.29) is 23.8 Å². The van der Waals surface area contributed by atoms with E-state index in [0.717, 1.165) is 46.5 Å². The number of benzene rings is 3. The topological polar surface area (TPSA) is 70.2 Å². The summed E-state index contributed by atoms with van der Waals surface area (Å²) in [4.78, 5) is 25.4. The van der Waals surface area contributed by atoms with Gasteiger partial charge in [0, 0.05) is 23.3 Å². The van der Waals surface area contributed by atoms with E-state index in [4.69, 9.17) is 0 Å². The summed E-state index contributed by atoms with van der Waals surface area (Å²) in [5, 5.41) is 9.57. The van der Waals surface area contributed by atoms with Crippen LogP contribution < -0.4 is 16.0 Å². The standard InChI is InChI=1S/C28H31N3O2/c1-18-9-10-19(2)25(17-18)31-28(33)26(22-7-5-4-6-8-22)29-20(3)21-13-15-24(16-14-21)30-27(32)23-11-12-23/h4-10,13-17,20,23,26,29H,11-12H2,1-3H3,(H,30,32)(H,31,33). The lowest BCUT2D eigenvalue weighted by molar-refractivity contribution is -0.118. The monoisotopic (exact) mass is 441 g/mol. The van der Waals surface area contributed by atoms with Crippen molar-refractivity contribution in [3.63, 3.8) is 0 Å². The lowest BCUT2D eigenvalue weighted by Gasteiger charge is -2.24. The maximum atomic E-state index is 13.4. The van der Waals surface area contributed by atoms with Crippen molar-refractivity contribution in [1.29, 1.82) is 0 Å². The molecular formula is C28H31N3O2. The molecule has 2 unspecified atom stereocenters. The first-order chi connectivity index (χ1) is 15.9. The van der Waals surface area contributed by atoms with E-state index < -0.39 is 6.04 Å². The SMILES string of the molecule is Cc1ccc(C)c(NC(=O)C(NC(C)c2ccc(NC(=O)C3CC3)cc2)c2ccccc2)c1. The fourth-order valence-electron chi connectivity index (χ4n) is 3.84. The summed E-state index contributed by atoms with van der Waals surface area (Å²) in [5.41, 5.74) is 5.70. The second-order valence-corrected chi connectivity index (χ2v) is 8.93. The van der Waals surface area contributed by atoms with Gasteiger partial charge in [-0.3, -0.25) is 14.9 Å². The van der Waals surface area contributed by atoms with Gasteiger partial charge in [-0.2, -0.15) is 0 Å². The molecule has 1 saturated carbocycles. The molecule has 0 radical (unpaired) electrons. The Bertz CT molecular complexity index is 1120. The fourth-order valence-corrected chi connectivity index (χ4v) is 3.84. The van der Waals surface area contributed by atoms with Crippen LogP contribution in [0.4, 0.5) is 11.4 Å². The summed E-state index contributed by atoms with van der Waals surface area (Å²) in [7, 11) is 0. The van der Waals surface area contributed by atoms with Gasteiger partial charge in [-0.15, -0.1) is 0 Å². The van der Waals surface area contributed by atoms with Gasteiger partial charge in [0.2, 0.25) is 11.8 Å². The van der Waals surface area contributed by atoms with Crippen LogP contribution in [-0.4, -0.2) is 11.8 Å². The number of carbonyl (C=O) groups is 2. The maximum absolute atomic E-state index is 13.4. The third-order valence-electron chi connectivity index (χ3n) is 6.09. The normalized spacial score (nSPS) is 14.9. The Morgan fingerprint density at radius 1 is 0.848 bits per heavy atom. The molecule has 1 aliphatic rings. The number of aryl methyl sites for hydroxylation is 2. The minimum absolute atomic E-state index is 0.0762. The average Bonchev–Trinajstić information content (AvgIpc) is 3.66. The minimum Gasteiger partial charge on any atom is -0.326 e. The largest absolute Gasteiger partial charge is 0.326 e. The van der Waals surface area contributed by atoms with Crippen molar-refractivity contribution >= 4 is 23.2 Å². The van der Waals surface area contributed by atoms with E-state index in [1.165, 1.54) is 0 Å². The van der Waals surface area contributed by atoms with Crippen LogP contribution in [0.1, 0.15) is 54.1 Å². The summed E-state index contributed by atoms with van der Waals surface area (Å²) in [6.45, 7) is 6.05. The van der Waals surface area contributed by atoms with Crippen LogP contribution in [0.2, 0.25) is 0 Å². The van der Waals surface area contributed by atoms with Crippen LogP contribution in [0.3, 0.4) is 0 Å². The number of nitrogens with one attached hydrogen (secondary N) is 3. The Balaban J connectivity index is 1.49. The Hall–Kier alpha value is -3.44. The van der Waals surface area contributed by atoms with Crippen molar-refractivity contribution < 1.29 is 9.59 Å². The van der Waals surface area contributed by atoms with Gasteiger partial charge >= 0.3 is 0 Å². The number of rotatable bonds is 8. The van der Waals surface area contributed by atoms with Crippen LogP contribution >= 0.6 is 0 Å². The molecular weight excluding hydrogens is 410 g/mol. The molecule has 1 fully saturated rings. The fraction of sp³-hybridized carbons (Fsp3) is 0.286. The third-order valence-corrected chi connectivity index (χ3v) is 6.09. The zero-order valence-corrected chi connectivity index (χ0v) is 19.4. The lowest BCUT2D eigenvalue weighted by Crippen LogP contribution is -2.34. The zero-order valence-electron chi connectivity index (χ0n) is 19.4. The highest BCUT2D eigenvalue weighted by atomic mass is 16.2. The molecule has 0 saturated heterocycles. The van der Waals surface area contributed by atoms with E-state index in [2.05, 4.69) is 16.0 Å². The molecule has 0 aliphatic heterocycles. The smallest absolute Gasteiger partial charge is 0.246 e. The van der Waals surface area contributed by atoms with Gasteiger partial charge in [0.15, 0.2) is 0 Å². The average molecular weight is 442 g/mol. The number of amides is 2. The van der Waals surface area contributed by atoms with Crippen LogP contribution in [0, 0.1) is 19.8 Å². The quantitative estimate of drug-likeness (QED) is 0.421. The first-order valence-corrected chi connectivity index (χ1v) is 11.5. The Morgan fingerprint density at radius 3 is 2.21 bits per heavy atom. The number of carbonyl (C=O) groups excluding carboxylic acids is 2. The summed E-state index contributed by atoms with van der Waals surface area (Å²) >= 11 is 0. The van der Waals surface area contributed by atoms with Crippen molar-refractivity contribution in [3.05, 3.63) is 95.1 Å². The molecule has 0 aromatic heterocycles. The Kier molecular flexibility index (Phi) is 6.90. The molecule has 3 aromatic rings. The highest BCUT2D eigenvalue weighted by Gasteiger charge is 2.29. The first-order valence-electron chi connectivity index (χ1n) is 11.5. The van der Waals surface area contributed by atoms with Crippen LogP contribution in [0.5, 0.6) is 0 Å². The first kappa shape index (κ1) is 22.7. The highest BCUT2D eigenvalue weighted by molar-refractivity contribution is 5.96. The van der Waals surface area contributed by atoms with Gasteiger partial charge in [0.25, 0.3) is 0 Å². The molecule has 0 bridgehead atoms. The molecule has 3 aromatic carbocycles. The van der Waals surface area contributed by atoms with Crippen molar-refractivity contribution in [2.75, 3.05) is 10.6 Å². The zero-order chi connectivity index (χ0) is 23.4. The van der Waals surface area contributed by atoms with Gasteiger partial charge in [-0.1, -0.05) is 54.6 Å². The molecule has 2 atom stereocenters. The molecule has 5 nitrogen and oxygen atoms in total.